The zero-order chi connectivity index (χ0) is 13.7. The molecule has 0 aliphatic rings. The van der Waals surface area contributed by atoms with E-state index in [1.54, 1.807) is 12.1 Å². The second-order valence-corrected chi connectivity index (χ2v) is 4.40. The zero-order valence-corrected chi connectivity index (χ0v) is 10.5. The van der Waals surface area contributed by atoms with E-state index in [0.717, 1.165) is 5.56 Å². The number of aliphatic carboxylic acids is 1. The van der Waals surface area contributed by atoms with Gasteiger partial charge in [0.2, 0.25) is 5.91 Å². The van der Waals surface area contributed by atoms with Gasteiger partial charge in [-0.05, 0) is 30.5 Å². The molecule has 1 amide bonds. The summed E-state index contributed by atoms with van der Waals surface area (Å²) in [5, 5.41) is 11.1. The molecule has 98 valence electrons. The first-order chi connectivity index (χ1) is 8.40. The van der Waals surface area contributed by atoms with Gasteiger partial charge in [0.15, 0.2) is 0 Å². The van der Waals surface area contributed by atoms with Crippen molar-refractivity contribution in [1.82, 2.24) is 5.32 Å². The van der Waals surface area contributed by atoms with E-state index in [4.69, 9.17) is 10.8 Å². The number of nitrogen functional groups attached to an aromatic ring is 1. The maximum atomic E-state index is 11.6. The predicted octanol–water partition coefficient (Wildman–Crippen LogP) is 1.35. The Kier molecular flexibility index (Phi) is 4.71. The number of amides is 1. The Balaban J connectivity index is 2.54. The highest BCUT2D eigenvalue weighted by Crippen LogP contribution is 2.19. The van der Waals surface area contributed by atoms with Crippen molar-refractivity contribution in [1.29, 1.82) is 0 Å². The summed E-state index contributed by atoms with van der Waals surface area (Å²) in [7, 11) is 0. The molecule has 2 unspecified atom stereocenters. The van der Waals surface area contributed by atoms with Gasteiger partial charge in [-0.15, -0.1) is 0 Å². The van der Waals surface area contributed by atoms with E-state index >= 15 is 0 Å². The van der Waals surface area contributed by atoms with Crippen LogP contribution >= 0.6 is 0 Å². The summed E-state index contributed by atoms with van der Waals surface area (Å²) in [5.41, 5.74) is 7.26. The van der Waals surface area contributed by atoms with Crippen molar-refractivity contribution in [2.24, 2.45) is 0 Å². The van der Waals surface area contributed by atoms with Crippen LogP contribution in [0.15, 0.2) is 24.3 Å². The lowest BCUT2D eigenvalue weighted by atomic mass is 9.97. The minimum atomic E-state index is -1.04. The van der Waals surface area contributed by atoms with Crippen LogP contribution in [0.1, 0.15) is 31.7 Å². The summed E-state index contributed by atoms with van der Waals surface area (Å²) in [6.45, 7) is 3.35. The van der Waals surface area contributed by atoms with Gasteiger partial charge in [0.25, 0.3) is 0 Å². The highest BCUT2D eigenvalue weighted by atomic mass is 16.4. The minimum Gasteiger partial charge on any atom is -0.480 e. The Labute approximate surface area is 106 Å². The molecule has 1 aromatic rings. The fourth-order valence-corrected chi connectivity index (χ4v) is 1.58. The first kappa shape index (κ1) is 14.0. The molecule has 1 aromatic carbocycles. The maximum Gasteiger partial charge on any atom is 0.325 e. The molecular weight excluding hydrogens is 232 g/mol. The number of carbonyl (C=O) groups excluding carboxylic acids is 1. The van der Waals surface area contributed by atoms with Gasteiger partial charge in [0, 0.05) is 12.1 Å². The second kappa shape index (κ2) is 6.05. The highest BCUT2D eigenvalue weighted by Gasteiger charge is 2.16. The van der Waals surface area contributed by atoms with Crippen LogP contribution in [0.4, 0.5) is 5.69 Å². The Bertz CT molecular complexity index is 428. The van der Waals surface area contributed by atoms with Crippen LogP contribution in [-0.4, -0.2) is 23.0 Å². The number of nitrogens with one attached hydrogen (secondary N) is 1. The lowest BCUT2D eigenvalue weighted by Gasteiger charge is -2.14. The van der Waals surface area contributed by atoms with Crippen LogP contribution in [0.3, 0.4) is 0 Å². The van der Waals surface area contributed by atoms with Crippen molar-refractivity contribution in [2.75, 3.05) is 5.73 Å². The smallest absolute Gasteiger partial charge is 0.325 e. The largest absolute Gasteiger partial charge is 0.480 e. The lowest BCUT2D eigenvalue weighted by Crippen LogP contribution is -2.38. The first-order valence-corrected chi connectivity index (χ1v) is 5.77. The van der Waals surface area contributed by atoms with Crippen LogP contribution in [0, 0.1) is 0 Å². The Hall–Kier alpha value is -2.04. The third kappa shape index (κ3) is 4.08. The van der Waals surface area contributed by atoms with Crippen LogP contribution in [0.2, 0.25) is 0 Å². The van der Waals surface area contributed by atoms with E-state index < -0.39 is 12.0 Å². The van der Waals surface area contributed by atoms with E-state index in [-0.39, 0.29) is 18.2 Å². The highest BCUT2D eigenvalue weighted by molar-refractivity contribution is 5.83. The number of carboxylic acids is 1. The molecule has 2 atom stereocenters. The number of carboxylic acid groups (broad SMARTS) is 1. The molecule has 1 rings (SSSR count). The number of hydrogen-bond donors (Lipinski definition) is 3. The molecule has 5 nitrogen and oxygen atoms in total. The van der Waals surface area contributed by atoms with Gasteiger partial charge in [0.05, 0.1) is 0 Å². The quantitative estimate of drug-likeness (QED) is 0.688. The Morgan fingerprint density at radius 1 is 1.28 bits per heavy atom. The van der Waals surface area contributed by atoms with Gasteiger partial charge < -0.3 is 16.2 Å². The molecule has 0 saturated heterocycles. The summed E-state index contributed by atoms with van der Waals surface area (Å²) >= 11 is 0. The van der Waals surface area contributed by atoms with Crippen molar-refractivity contribution in [3.63, 3.8) is 0 Å². The summed E-state index contributed by atoms with van der Waals surface area (Å²) in [6, 6.07) is 6.44. The zero-order valence-electron chi connectivity index (χ0n) is 10.5. The molecule has 0 heterocycles. The van der Waals surface area contributed by atoms with Gasteiger partial charge >= 0.3 is 5.97 Å². The molecule has 0 fully saturated rings. The van der Waals surface area contributed by atoms with Gasteiger partial charge in [-0.2, -0.15) is 0 Å². The molecule has 0 bridgehead atoms. The fourth-order valence-electron chi connectivity index (χ4n) is 1.58. The predicted molar refractivity (Wildman–Crippen MR) is 69.1 cm³/mol. The van der Waals surface area contributed by atoms with Gasteiger partial charge in [-0.3, -0.25) is 9.59 Å². The lowest BCUT2D eigenvalue weighted by molar-refractivity contribution is -0.141. The summed E-state index contributed by atoms with van der Waals surface area (Å²) in [4.78, 5) is 22.2. The number of carbonyl (C=O) groups is 2. The third-order valence-corrected chi connectivity index (χ3v) is 2.75. The monoisotopic (exact) mass is 250 g/mol. The second-order valence-electron chi connectivity index (χ2n) is 4.40. The van der Waals surface area contributed by atoms with Crippen molar-refractivity contribution in [3.05, 3.63) is 29.8 Å². The van der Waals surface area contributed by atoms with Gasteiger partial charge in [-0.25, -0.2) is 0 Å². The van der Waals surface area contributed by atoms with Crippen LogP contribution < -0.4 is 11.1 Å². The van der Waals surface area contributed by atoms with Crippen molar-refractivity contribution in [3.8, 4) is 0 Å². The number of rotatable bonds is 5. The van der Waals surface area contributed by atoms with Gasteiger partial charge in [-0.1, -0.05) is 19.1 Å². The van der Waals surface area contributed by atoms with E-state index in [0.29, 0.717) is 5.69 Å². The van der Waals surface area contributed by atoms with Crippen LogP contribution in [-0.2, 0) is 9.59 Å². The van der Waals surface area contributed by atoms with E-state index in [2.05, 4.69) is 5.32 Å². The SMILES string of the molecule is CC(NC(=O)CC(C)c1ccc(N)cc1)C(=O)O. The molecule has 5 heteroatoms. The molecule has 0 aliphatic carbocycles. The fraction of sp³-hybridized carbons (Fsp3) is 0.385. The normalized spacial score (nSPS) is 13.7. The number of benzene rings is 1. The first-order valence-electron chi connectivity index (χ1n) is 5.77. The number of anilines is 1. The molecule has 0 aromatic heterocycles. The number of nitrogens with two attached hydrogens (primary N) is 1. The molecular formula is C13H18N2O3. The summed E-state index contributed by atoms with van der Waals surface area (Å²) in [5.74, 6) is -1.29. The average molecular weight is 250 g/mol. The maximum absolute atomic E-state index is 11.6. The van der Waals surface area contributed by atoms with Crippen LogP contribution in [0.5, 0.6) is 0 Å². The third-order valence-electron chi connectivity index (χ3n) is 2.75. The van der Waals surface area contributed by atoms with E-state index in [1.807, 2.05) is 19.1 Å². The molecule has 0 aliphatic heterocycles. The van der Waals surface area contributed by atoms with Gasteiger partial charge in [0.1, 0.15) is 6.04 Å². The number of hydrogen-bond acceptors (Lipinski definition) is 3. The Morgan fingerprint density at radius 2 is 1.83 bits per heavy atom. The molecule has 4 N–H and O–H groups in total. The van der Waals surface area contributed by atoms with Crippen molar-refractivity contribution < 1.29 is 14.7 Å². The summed E-state index contributed by atoms with van der Waals surface area (Å²) < 4.78 is 0. The minimum absolute atomic E-state index is 0.0200. The standard InChI is InChI=1S/C13H18N2O3/c1-8(10-3-5-11(14)6-4-10)7-12(16)15-9(2)13(17)18/h3-6,8-9H,7,14H2,1-2H3,(H,15,16)(H,17,18). The van der Waals surface area contributed by atoms with Crippen molar-refractivity contribution in [2.45, 2.75) is 32.2 Å². The summed E-state index contributed by atoms with van der Waals surface area (Å²) in [6.07, 6.45) is 0.252. The van der Waals surface area contributed by atoms with E-state index in [1.165, 1.54) is 6.92 Å². The molecule has 0 saturated carbocycles. The van der Waals surface area contributed by atoms with Crippen molar-refractivity contribution >= 4 is 17.6 Å². The average Bonchev–Trinajstić information content (AvgIpc) is 2.29. The molecule has 18 heavy (non-hydrogen) atoms. The van der Waals surface area contributed by atoms with Crippen LogP contribution in [0.25, 0.3) is 0 Å². The molecule has 0 spiro atoms. The van der Waals surface area contributed by atoms with E-state index in [9.17, 15) is 9.59 Å². The Morgan fingerprint density at radius 3 is 2.33 bits per heavy atom. The molecule has 0 radical (unpaired) electrons. The topological polar surface area (TPSA) is 92.4 Å².